The Morgan fingerprint density at radius 3 is 2.59 bits per heavy atom. The Bertz CT molecular complexity index is 1180. The van der Waals surface area contributed by atoms with Crippen LogP contribution in [0.1, 0.15) is 30.9 Å². The van der Waals surface area contributed by atoms with Gasteiger partial charge in [-0.1, -0.05) is 12.0 Å². The van der Waals surface area contributed by atoms with Crippen LogP contribution < -0.4 is 5.32 Å². The van der Waals surface area contributed by atoms with Crippen molar-refractivity contribution < 1.29 is 9.84 Å². The third-order valence-electron chi connectivity index (χ3n) is 5.52. The third-order valence-corrected chi connectivity index (χ3v) is 5.52. The number of aromatic hydroxyl groups is 1. The maximum absolute atomic E-state index is 10.4. The first-order chi connectivity index (χ1) is 14.0. The maximum Gasteiger partial charge on any atom is 0.156 e. The summed E-state index contributed by atoms with van der Waals surface area (Å²) in [7, 11) is 1.72. The molecule has 0 aliphatic heterocycles. The molecule has 1 saturated carbocycles. The smallest absolute Gasteiger partial charge is 0.156 e. The molecule has 0 radical (unpaired) electrons. The molecule has 2 N–H and O–H groups in total. The number of nitriles is 1. The van der Waals surface area contributed by atoms with Crippen LogP contribution >= 0.6 is 0 Å². The van der Waals surface area contributed by atoms with Gasteiger partial charge in [-0.15, -0.1) is 16.6 Å². The van der Waals surface area contributed by atoms with Crippen LogP contribution in [0.15, 0.2) is 36.4 Å². The molecule has 0 atom stereocenters. The highest BCUT2D eigenvalue weighted by Gasteiger charge is 2.40. The lowest BCUT2D eigenvalue weighted by molar-refractivity contribution is -0.0625. The summed E-state index contributed by atoms with van der Waals surface area (Å²) in [5, 5.41) is 33.5. The van der Waals surface area contributed by atoms with Crippen LogP contribution in [0.3, 0.4) is 0 Å². The number of benzene rings is 2. The van der Waals surface area contributed by atoms with E-state index in [1.54, 1.807) is 31.4 Å². The van der Waals surface area contributed by atoms with E-state index >= 15 is 0 Å². The van der Waals surface area contributed by atoms with E-state index in [1.165, 1.54) is 6.07 Å². The monoisotopic (exact) mass is 384 g/mol. The van der Waals surface area contributed by atoms with Crippen LogP contribution in [0.4, 0.5) is 5.82 Å². The number of aromatic nitrogens is 2. The van der Waals surface area contributed by atoms with Crippen molar-refractivity contribution in [3.05, 3.63) is 47.5 Å². The van der Waals surface area contributed by atoms with Gasteiger partial charge in [-0.3, -0.25) is 0 Å². The van der Waals surface area contributed by atoms with Crippen molar-refractivity contribution in [2.45, 2.75) is 31.4 Å². The summed E-state index contributed by atoms with van der Waals surface area (Å²) in [6.07, 6.45) is 7.13. The predicted molar refractivity (Wildman–Crippen MR) is 111 cm³/mol. The number of methoxy groups -OCH3 is 1. The van der Waals surface area contributed by atoms with Gasteiger partial charge >= 0.3 is 0 Å². The minimum atomic E-state index is -0.122. The zero-order valence-electron chi connectivity index (χ0n) is 16.2. The zero-order valence-corrected chi connectivity index (χ0v) is 16.2. The van der Waals surface area contributed by atoms with Crippen LogP contribution in [0.2, 0.25) is 0 Å². The third kappa shape index (κ3) is 3.35. The lowest BCUT2D eigenvalue weighted by atomic mass is 9.77. The molecule has 144 valence electrons. The molecular formula is C23H20N4O2. The fraction of sp³-hybridized carbons (Fsp3) is 0.261. The van der Waals surface area contributed by atoms with Crippen molar-refractivity contribution in [3.8, 4) is 35.4 Å². The minimum Gasteiger partial charge on any atom is -0.507 e. The van der Waals surface area contributed by atoms with Crippen molar-refractivity contribution >= 4 is 16.6 Å². The van der Waals surface area contributed by atoms with Crippen LogP contribution in [-0.4, -0.2) is 34.1 Å². The molecule has 6 heteroatoms. The van der Waals surface area contributed by atoms with Crippen molar-refractivity contribution in [1.29, 1.82) is 5.26 Å². The van der Waals surface area contributed by atoms with E-state index in [0.717, 1.165) is 23.6 Å². The molecule has 1 fully saturated rings. The van der Waals surface area contributed by atoms with E-state index in [2.05, 4.69) is 34.4 Å². The second-order valence-corrected chi connectivity index (χ2v) is 7.55. The van der Waals surface area contributed by atoms with E-state index in [0.29, 0.717) is 28.2 Å². The summed E-state index contributed by atoms with van der Waals surface area (Å²) >= 11 is 0. The summed E-state index contributed by atoms with van der Waals surface area (Å²) in [6.45, 7) is 2.08. The maximum atomic E-state index is 10.4. The summed E-state index contributed by atoms with van der Waals surface area (Å²) in [5.74, 6) is 3.15. The fourth-order valence-corrected chi connectivity index (χ4v) is 3.80. The van der Waals surface area contributed by atoms with Crippen molar-refractivity contribution in [2.24, 2.45) is 0 Å². The SMILES string of the molecule is C#Cc1ccc(-c2nnc(NC3CC(C)(OC)C3)c3cc(C#N)ccc23)c(O)c1. The molecule has 0 unspecified atom stereocenters. The molecule has 6 nitrogen and oxygen atoms in total. The molecule has 0 amide bonds. The average Bonchev–Trinajstić information content (AvgIpc) is 2.72. The normalized spacial score (nSPS) is 20.5. The molecule has 1 aliphatic carbocycles. The number of nitrogens with zero attached hydrogens (tertiary/aromatic N) is 3. The topological polar surface area (TPSA) is 91.1 Å². The number of nitrogens with one attached hydrogen (secondary N) is 1. The van der Waals surface area contributed by atoms with Gasteiger partial charge in [0.2, 0.25) is 0 Å². The zero-order chi connectivity index (χ0) is 20.6. The Labute approximate surface area is 169 Å². The highest BCUT2D eigenvalue weighted by Crippen LogP contribution is 2.39. The Morgan fingerprint density at radius 1 is 1.17 bits per heavy atom. The second-order valence-electron chi connectivity index (χ2n) is 7.55. The molecular weight excluding hydrogens is 364 g/mol. The Balaban J connectivity index is 1.79. The van der Waals surface area contributed by atoms with Gasteiger partial charge in [0, 0.05) is 35.1 Å². The van der Waals surface area contributed by atoms with Gasteiger partial charge in [0.25, 0.3) is 0 Å². The molecule has 0 bridgehead atoms. The van der Waals surface area contributed by atoms with Gasteiger partial charge in [0.05, 0.1) is 17.2 Å². The van der Waals surface area contributed by atoms with E-state index in [4.69, 9.17) is 11.2 Å². The summed E-state index contributed by atoms with van der Waals surface area (Å²) in [5.41, 5.74) is 2.06. The van der Waals surface area contributed by atoms with Crippen LogP contribution in [0.5, 0.6) is 5.75 Å². The largest absolute Gasteiger partial charge is 0.507 e. The number of phenolic OH excluding ortho intramolecular Hbond substituents is 1. The number of hydrogen-bond acceptors (Lipinski definition) is 6. The van der Waals surface area contributed by atoms with Gasteiger partial charge in [-0.25, -0.2) is 0 Å². The highest BCUT2D eigenvalue weighted by atomic mass is 16.5. The molecule has 2 aromatic carbocycles. The Hall–Kier alpha value is -3.61. The number of fused-ring (bicyclic) bond motifs is 1. The molecule has 1 aliphatic rings. The number of ether oxygens (including phenoxy) is 1. The molecule has 4 rings (SSSR count). The average molecular weight is 384 g/mol. The molecule has 3 aromatic rings. The number of phenols is 1. The second kappa shape index (κ2) is 7.09. The predicted octanol–water partition coefficient (Wildman–Crippen LogP) is 3.83. The van der Waals surface area contributed by atoms with Gasteiger partial charge in [0.1, 0.15) is 11.4 Å². The molecule has 0 spiro atoms. The summed E-state index contributed by atoms with van der Waals surface area (Å²) in [6, 6.07) is 12.7. The van der Waals surface area contributed by atoms with Crippen LogP contribution in [0, 0.1) is 23.7 Å². The lowest BCUT2D eigenvalue weighted by Gasteiger charge is -2.44. The van der Waals surface area contributed by atoms with E-state index in [-0.39, 0.29) is 17.4 Å². The van der Waals surface area contributed by atoms with Gasteiger partial charge in [-0.2, -0.15) is 5.26 Å². The summed E-state index contributed by atoms with van der Waals surface area (Å²) in [4.78, 5) is 0. The number of anilines is 1. The Morgan fingerprint density at radius 2 is 1.93 bits per heavy atom. The number of hydrogen-bond donors (Lipinski definition) is 2. The fourth-order valence-electron chi connectivity index (χ4n) is 3.80. The van der Waals surface area contributed by atoms with Crippen molar-refractivity contribution in [1.82, 2.24) is 10.2 Å². The molecule has 0 saturated heterocycles. The van der Waals surface area contributed by atoms with Gasteiger partial charge in [-0.05, 0) is 50.1 Å². The highest BCUT2D eigenvalue weighted by molar-refractivity contribution is 6.01. The minimum absolute atomic E-state index is 0.0379. The number of terminal acetylenes is 1. The van der Waals surface area contributed by atoms with Crippen LogP contribution in [-0.2, 0) is 4.74 Å². The number of rotatable bonds is 4. The first kappa shape index (κ1) is 18.7. The first-order valence-corrected chi connectivity index (χ1v) is 9.28. The van der Waals surface area contributed by atoms with Crippen LogP contribution in [0.25, 0.3) is 22.0 Å². The van der Waals surface area contributed by atoms with E-state index in [9.17, 15) is 10.4 Å². The molecule has 29 heavy (non-hydrogen) atoms. The summed E-state index contributed by atoms with van der Waals surface area (Å²) < 4.78 is 5.51. The lowest BCUT2D eigenvalue weighted by Crippen LogP contribution is -2.49. The molecule has 1 heterocycles. The Kier molecular flexibility index (Phi) is 4.58. The van der Waals surface area contributed by atoms with Crippen molar-refractivity contribution in [3.63, 3.8) is 0 Å². The van der Waals surface area contributed by atoms with E-state index < -0.39 is 0 Å². The van der Waals surface area contributed by atoms with Crippen molar-refractivity contribution in [2.75, 3.05) is 12.4 Å². The van der Waals surface area contributed by atoms with E-state index in [1.807, 2.05) is 6.07 Å². The van der Waals surface area contributed by atoms with Gasteiger partial charge in [0.15, 0.2) is 5.82 Å². The first-order valence-electron chi connectivity index (χ1n) is 9.28. The quantitative estimate of drug-likeness (QED) is 0.664. The van der Waals surface area contributed by atoms with Gasteiger partial charge < -0.3 is 15.2 Å². The standard InChI is InChI=1S/C23H20N4O2/c1-4-14-5-8-18(20(28)10-14)21-17-7-6-15(13-24)9-19(17)22(27-26-21)25-16-11-23(2,12-16)29-3/h1,5-10,16,28H,11-12H2,2-3H3,(H,25,27). The molecule has 1 aromatic heterocycles.